The monoisotopic (exact) mass is 461 g/mol. The van der Waals surface area contributed by atoms with E-state index in [1.165, 1.54) is 0 Å². The first-order chi connectivity index (χ1) is 13.0. The van der Waals surface area contributed by atoms with Crippen molar-refractivity contribution >= 4 is 27.8 Å². The van der Waals surface area contributed by atoms with Crippen molar-refractivity contribution in [3.05, 3.63) is 0 Å². The highest BCUT2D eigenvalue weighted by Crippen LogP contribution is 2.29. The van der Waals surface area contributed by atoms with Gasteiger partial charge in [0, 0.05) is 13.1 Å². The molecule has 1 aliphatic heterocycles. The van der Waals surface area contributed by atoms with Gasteiger partial charge in [0.15, 0.2) is 0 Å². The third-order valence-electron chi connectivity index (χ3n) is 5.94. The number of carbonyl (C=O) groups is 2. The van der Waals surface area contributed by atoms with Gasteiger partial charge in [-0.05, 0) is 56.8 Å². The largest absolute Gasteiger partial charge is 0.459 e. The first kappa shape index (κ1) is 25.4. The maximum Gasteiger partial charge on any atom is 0.309 e. The molecule has 1 rings (SSSR count). The summed E-state index contributed by atoms with van der Waals surface area (Å²) in [7, 11) is 0. The molecule has 1 heterocycles. The van der Waals surface area contributed by atoms with Crippen molar-refractivity contribution in [3.63, 3.8) is 0 Å². The molecule has 28 heavy (non-hydrogen) atoms. The molecule has 1 N–H and O–H groups in total. The third kappa shape index (κ3) is 8.02. The molecule has 0 spiro atoms. The summed E-state index contributed by atoms with van der Waals surface area (Å²) in [5.74, 6) is 0.676. The van der Waals surface area contributed by atoms with Crippen LogP contribution in [0.25, 0.3) is 0 Å². The lowest BCUT2D eigenvalue weighted by Crippen LogP contribution is -2.46. The van der Waals surface area contributed by atoms with Crippen LogP contribution in [0.5, 0.6) is 0 Å². The van der Waals surface area contributed by atoms with E-state index < -0.39 is 11.7 Å². The Kier molecular flexibility index (Phi) is 10.5. The molecule has 0 aromatic heterocycles. The van der Waals surface area contributed by atoms with Crippen LogP contribution in [0.1, 0.15) is 73.6 Å². The predicted molar refractivity (Wildman–Crippen MR) is 116 cm³/mol. The van der Waals surface area contributed by atoms with Gasteiger partial charge in [0.1, 0.15) is 6.10 Å². The zero-order valence-corrected chi connectivity index (χ0v) is 20.1. The fourth-order valence-corrected chi connectivity index (χ4v) is 4.92. The van der Waals surface area contributed by atoms with E-state index in [9.17, 15) is 14.7 Å². The number of halogens is 1. The average Bonchev–Trinajstić information content (AvgIpc) is 2.60. The number of rotatable bonds is 2. The first-order valence-electron chi connectivity index (χ1n) is 10.8. The number of hydrogen-bond acceptors (Lipinski definition) is 4. The number of alkyl halides is 1. The standard InChI is InChI=1S/C22H40BrNO4/c1-7-19-22(6,27)12-17(4)14-24(20(25)13-23)9-8-15(2)10-16(3)11-18(5)21(26)28-19/h15-19,27H,7-14H2,1-6H3/t15?,16?,17-,18?,19?,22+/m1/s1. The highest BCUT2D eigenvalue weighted by Gasteiger charge is 2.37. The van der Waals surface area contributed by atoms with Crippen LogP contribution in [0.3, 0.4) is 0 Å². The maximum atomic E-state index is 12.6. The van der Waals surface area contributed by atoms with E-state index in [1.54, 1.807) is 6.92 Å². The van der Waals surface area contributed by atoms with Crippen LogP contribution < -0.4 is 0 Å². The molecular weight excluding hydrogens is 422 g/mol. The topological polar surface area (TPSA) is 66.8 Å². The number of ether oxygens (including phenoxy) is 1. The van der Waals surface area contributed by atoms with Gasteiger partial charge < -0.3 is 14.7 Å². The van der Waals surface area contributed by atoms with E-state index in [2.05, 4.69) is 29.8 Å². The second-order valence-electron chi connectivity index (χ2n) is 9.35. The van der Waals surface area contributed by atoms with E-state index >= 15 is 0 Å². The molecule has 0 bridgehead atoms. The Morgan fingerprint density at radius 2 is 1.86 bits per heavy atom. The van der Waals surface area contributed by atoms with Crippen LogP contribution in [0.15, 0.2) is 0 Å². The third-order valence-corrected chi connectivity index (χ3v) is 6.42. The van der Waals surface area contributed by atoms with E-state index in [0.29, 0.717) is 36.6 Å². The summed E-state index contributed by atoms with van der Waals surface area (Å²) in [4.78, 5) is 26.9. The van der Waals surface area contributed by atoms with Gasteiger partial charge >= 0.3 is 5.97 Å². The van der Waals surface area contributed by atoms with Gasteiger partial charge in [-0.25, -0.2) is 0 Å². The molecule has 5 nitrogen and oxygen atoms in total. The summed E-state index contributed by atoms with van der Waals surface area (Å²) < 4.78 is 5.75. The molecule has 0 aromatic carbocycles. The summed E-state index contributed by atoms with van der Waals surface area (Å²) >= 11 is 3.29. The van der Waals surface area contributed by atoms with Gasteiger partial charge in [-0.15, -0.1) is 0 Å². The lowest BCUT2D eigenvalue weighted by atomic mass is 9.86. The maximum absolute atomic E-state index is 12.6. The van der Waals surface area contributed by atoms with Crippen molar-refractivity contribution < 1.29 is 19.4 Å². The van der Waals surface area contributed by atoms with Gasteiger partial charge in [0.05, 0.1) is 16.8 Å². The molecule has 1 saturated heterocycles. The number of cyclic esters (lactones) is 1. The van der Waals surface area contributed by atoms with Crippen molar-refractivity contribution in [2.24, 2.45) is 23.7 Å². The molecular formula is C22H40BrNO4. The summed E-state index contributed by atoms with van der Waals surface area (Å²) in [5, 5.41) is 11.4. The van der Waals surface area contributed by atoms with E-state index in [0.717, 1.165) is 25.8 Å². The summed E-state index contributed by atoms with van der Waals surface area (Å²) in [6, 6.07) is 0. The second-order valence-corrected chi connectivity index (χ2v) is 9.91. The van der Waals surface area contributed by atoms with Crippen molar-refractivity contribution in [1.29, 1.82) is 0 Å². The summed E-state index contributed by atoms with van der Waals surface area (Å²) in [5.41, 5.74) is -1.12. The van der Waals surface area contributed by atoms with Crippen molar-refractivity contribution in [3.8, 4) is 0 Å². The highest BCUT2D eigenvalue weighted by atomic mass is 79.9. The fraction of sp³-hybridized carbons (Fsp3) is 0.909. The summed E-state index contributed by atoms with van der Waals surface area (Å²) in [6.07, 6.45) is 3.26. The minimum absolute atomic E-state index is 0.0862. The zero-order valence-electron chi connectivity index (χ0n) is 18.5. The Morgan fingerprint density at radius 1 is 1.21 bits per heavy atom. The quantitative estimate of drug-likeness (QED) is 0.488. The van der Waals surface area contributed by atoms with E-state index in [-0.39, 0.29) is 23.7 Å². The lowest BCUT2D eigenvalue weighted by molar-refractivity contribution is -0.170. The number of hydrogen-bond donors (Lipinski definition) is 1. The smallest absolute Gasteiger partial charge is 0.309 e. The molecule has 4 unspecified atom stereocenters. The molecule has 0 aliphatic carbocycles. The Hall–Kier alpha value is -0.620. The molecule has 6 atom stereocenters. The van der Waals surface area contributed by atoms with Crippen LogP contribution in [0.2, 0.25) is 0 Å². The Morgan fingerprint density at radius 3 is 2.43 bits per heavy atom. The molecule has 1 fully saturated rings. The van der Waals surface area contributed by atoms with Crippen molar-refractivity contribution in [2.45, 2.75) is 85.4 Å². The summed E-state index contributed by atoms with van der Waals surface area (Å²) in [6.45, 7) is 13.4. The molecule has 0 aromatic rings. The predicted octanol–water partition coefficient (Wildman–Crippen LogP) is 4.40. The van der Waals surface area contributed by atoms with Crippen LogP contribution in [0, 0.1) is 23.7 Å². The second kappa shape index (κ2) is 11.5. The van der Waals surface area contributed by atoms with Crippen LogP contribution in [0.4, 0.5) is 0 Å². The van der Waals surface area contributed by atoms with E-state index in [4.69, 9.17) is 4.74 Å². The zero-order chi connectivity index (χ0) is 21.5. The number of nitrogens with zero attached hydrogens (tertiary/aromatic N) is 1. The molecule has 0 saturated carbocycles. The average molecular weight is 462 g/mol. The van der Waals surface area contributed by atoms with E-state index in [1.807, 2.05) is 25.7 Å². The highest BCUT2D eigenvalue weighted by molar-refractivity contribution is 9.09. The minimum atomic E-state index is -1.12. The van der Waals surface area contributed by atoms with Crippen LogP contribution in [-0.4, -0.2) is 52.0 Å². The van der Waals surface area contributed by atoms with Gasteiger partial charge in [-0.1, -0.05) is 50.5 Å². The van der Waals surface area contributed by atoms with Gasteiger partial charge in [-0.3, -0.25) is 9.59 Å². The fourth-order valence-electron chi connectivity index (χ4n) is 4.56. The Labute approximate surface area is 179 Å². The number of esters is 1. The van der Waals surface area contributed by atoms with Gasteiger partial charge in [0.2, 0.25) is 5.91 Å². The van der Waals surface area contributed by atoms with Gasteiger partial charge in [-0.2, -0.15) is 0 Å². The number of amides is 1. The van der Waals surface area contributed by atoms with Crippen LogP contribution in [-0.2, 0) is 14.3 Å². The number of carbonyl (C=O) groups excluding carboxylic acids is 2. The SMILES string of the molecule is CCC1OC(=O)C(C)CC(C)CC(C)CCN(C(=O)CBr)C[C@H](C)C[C@]1(C)O. The van der Waals surface area contributed by atoms with Crippen LogP contribution >= 0.6 is 15.9 Å². The Bertz CT molecular complexity index is 511. The molecule has 1 aliphatic rings. The first-order valence-corrected chi connectivity index (χ1v) is 11.9. The molecule has 164 valence electrons. The Balaban J connectivity index is 3.06. The minimum Gasteiger partial charge on any atom is -0.459 e. The number of aliphatic hydroxyl groups is 1. The van der Waals surface area contributed by atoms with Crippen molar-refractivity contribution in [1.82, 2.24) is 4.90 Å². The van der Waals surface area contributed by atoms with Gasteiger partial charge in [0.25, 0.3) is 0 Å². The van der Waals surface area contributed by atoms with Crippen molar-refractivity contribution in [2.75, 3.05) is 18.4 Å². The normalized spacial score (nSPS) is 36.9. The molecule has 0 radical (unpaired) electrons. The lowest BCUT2D eigenvalue weighted by Gasteiger charge is -2.36. The molecule has 6 heteroatoms. The molecule has 1 amide bonds.